The van der Waals surface area contributed by atoms with Crippen molar-refractivity contribution in [1.82, 2.24) is 9.78 Å². The van der Waals surface area contributed by atoms with Gasteiger partial charge in [-0.15, -0.1) is 0 Å². The molecule has 3 heteroatoms. The van der Waals surface area contributed by atoms with Crippen molar-refractivity contribution in [2.75, 3.05) is 0 Å². The largest absolute Gasteiger partial charge is 0.388 e. The molecule has 1 heterocycles. The molecule has 0 spiro atoms. The van der Waals surface area contributed by atoms with Crippen molar-refractivity contribution in [3.8, 4) is 0 Å². The summed E-state index contributed by atoms with van der Waals surface area (Å²) in [6.07, 6.45) is 5.22. The van der Waals surface area contributed by atoms with Crippen LogP contribution in [0.5, 0.6) is 0 Å². The Hall–Kier alpha value is -0.830. The molecule has 0 fully saturated rings. The lowest BCUT2D eigenvalue weighted by molar-refractivity contribution is 0.151. The van der Waals surface area contributed by atoms with Crippen LogP contribution in [-0.4, -0.2) is 14.9 Å². The van der Waals surface area contributed by atoms with Crippen LogP contribution in [-0.2, 0) is 6.54 Å². The Morgan fingerprint density at radius 1 is 1.50 bits per heavy atom. The van der Waals surface area contributed by atoms with E-state index >= 15 is 0 Å². The van der Waals surface area contributed by atoms with Crippen LogP contribution in [0.2, 0.25) is 0 Å². The molecule has 0 saturated carbocycles. The first-order valence-electron chi connectivity index (χ1n) is 5.34. The zero-order valence-electron chi connectivity index (χ0n) is 9.27. The Kier molecular flexibility index (Phi) is 4.14. The van der Waals surface area contributed by atoms with E-state index in [4.69, 9.17) is 0 Å². The summed E-state index contributed by atoms with van der Waals surface area (Å²) in [4.78, 5) is 0. The maximum absolute atomic E-state index is 9.82. The second-order valence-electron chi connectivity index (χ2n) is 4.18. The van der Waals surface area contributed by atoms with Crippen LogP contribution in [0.4, 0.5) is 0 Å². The lowest BCUT2D eigenvalue weighted by Crippen LogP contribution is -2.01. The molecule has 0 aliphatic rings. The van der Waals surface area contributed by atoms with E-state index in [1.54, 1.807) is 6.20 Å². The molecule has 0 saturated heterocycles. The minimum absolute atomic E-state index is 0.361. The van der Waals surface area contributed by atoms with Crippen molar-refractivity contribution in [1.29, 1.82) is 0 Å². The number of aryl methyl sites for hydroxylation is 1. The standard InChI is InChI=1S/C11H20N2O/c1-4-5-13-8-10(7-12-13)11(14)6-9(2)3/h7-9,11,14H,4-6H2,1-3H3. The monoisotopic (exact) mass is 196 g/mol. The molecule has 0 bridgehead atoms. The van der Waals surface area contributed by atoms with Gasteiger partial charge in [-0.05, 0) is 18.8 Å². The van der Waals surface area contributed by atoms with Crippen molar-refractivity contribution in [3.05, 3.63) is 18.0 Å². The van der Waals surface area contributed by atoms with E-state index in [2.05, 4.69) is 25.9 Å². The topological polar surface area (TPSA) is 38.0 Å². The molecule has 1 aromatic rings. The van der Waals surface area contributed by atoms with Gasteiger partial charge in [0.05, 0.1) is 12.3 Å². The maximum Gasteiger partial charge on any atom is 0.0823 e. The average Bonchev–Trinajstić information content (AvgIpc) is 2.52. The van der Waals surface area contributed by atoms with Gasteiger partial charge in [0.15, 0.2) is 0 Å². The van der Waals surface area contributed by atoms with Gasteiger partial charge in [0.25, 0.3) is 0 Å². The molecule has 0 aliphatic heterocycles. The zero-order chi connectivity index (χ0) is 10.6. The Morgan fingerprint density at radius 2 is 2.21 bits per heavy atom. The van der Waals surface area contributed by atoms with E-state index < -0.39 is 0 Å². The number of rotatable bonds is 5. The van der Waals surface area contributed by atoms with Gasteiger partial charge in [-0.2, -0.15) is 5.10 Å². The number of aliphatic hydroxyl groups excluding tert-OH is 1. The van der Waals surface area contributed by atoms with E-state index in [1.807, 2.05) is 10.9 Å². The quantitative estimate of drug-likeness (QED) is 0.785. The van der Waals surface area contributed by atoms with Crippen molar-refractivity contribution < 1.29 is 5.11 Å². The fourth-order valence-electron chi connectivity index (χ4n) is 1.49. The number of hydrogen-bond acceptors (Lipinski definition) is 2. The second kappa shape index (κ2) is 5.15. The molecule has 80 valence electrons. The van der Waals surface area contributed by atoms with Crippen LogP contribution < -0.4 is 0 Å². The Morgan fingerprint density at radius 3 is 2.79 bits per heavy atom. The predicted molar refractivity (Wildman–Crippen MR) is 56.9 cm³/mol. The third-order valence-electron chi connectivity index (χ3n) is 2.19. The third-order valence-corrected chi connectivity index (χ3v) is 2.19. The molecule has 0 radical (unpaired) electrons. The lowest BCUT2D eigenvalue weighted by Gasteiger charge is -2.10. The van der Waals surface area contributed by atoms with Crippen LogP contribution in [0.15, 0.2) is 12.4 Å². The molecule has 1 rings (SSSR count). The first kappa shape index (κ1) is 11.2. The normalized spacial score (nSPS) is 13.5. The minimum Gasteiger partial charge on any atom is -0.388 e. The Bertz CT molecular complexity index is 268. The molecule has 3 nitrogen and oxygen atoms in total. The summed E-state index contributed by atoms with van der Waals surface area (Å²) in [6, 6.07) is 0. The highest BCUT2D eigenvalue weighted by Crippen LogP contribution is 2.20. The molecule has 1 unspecified atom stereocenters. The second-order valence-corrected chi connectivity index (χ2v) is 4.18. The predicted octanol–water partition coefficient (Wildman–Crippen LogP) is 2.37. The molecule has 0 aliphatic carbocycles. The summed E-state index contributed by atoms with van der Waals surface area (Å²) in [5.41, 5.74) is 0.937. The molecule has 0 aromatic carbocycles. The number of nitrogens with zero attached hydrogens (tertiary/aromatic N) is 2. The van der Waals surface area contributed by atoms with Crippen LogP contribution in [0.3, 0.4) is 0 Å². The zero-order valence-corrected chi connectivity index (χ0v) is 9.27. The van der Waals surface area contributed by atoms with E-state index in [0.717, 1.165) is 24.9 Å². The molecule has 14 heavy (non-hydrogen) atoms. The van der Waals surface area contributed by atoms with Gasteiger partial charge in [-0.3, -0.25) is 4.68 Å². The van der Waals surface area contributed by atoms with Crippen LogP contribution in [0.25, 0.3) is 0 Å². The smallest absolute Gasteiger partial charge is 0.0823 e. The molecular weight excluding hydrogens is 176 g/mol. The van der Waals surface area contributed by atoms with Gasteiger partial charge in [-0.1, -0.05) is 20.8 Å². The average molecular weight is 196 g/mol. The van der Waals surface area contributed by atoms with E-state index in [0.29, 0.717) is 5.92 Å². The van der Waals surface area contributed by atoms with Crippen molar-refractivity contribution >= 4 is 0 Å². The van der Waals surface area contributed by atoms with Crippen LogP contribution >= 0.6 is 0 Å². The van der Waals surface area contributed by atoms with Gasteiger partial charge in [0, 0.05) is 18.3 Å². The van der Waals surface area contributed by atoms with Gasteiger partial charge >= 0.3 is 0 Å². The Labute approximate surface area is 85.8 Å². The van der Waals surface area contributed by atoms with Crippen LogP contribution in [0.1, 0.15) is 45.3 Å². The molecule has 1 N–H and O–H groups in total. The highest BCUT2D eigenvalue weighted by molar-refractivity contribution is 5.07. The lowest BCUT2D eigenvalue weighted by atomic mass is 10.0. The highest BCUT2D eigenvalue weighted by atomic mass is 16.3. The molecule has 1 atom stereocenters. The Balaban J connectivity index is 2.57. The molecule has 0 amide bonds. The van der Waals surface area contributed by atoms with Gasteiger partial charge in [-0.25, -0.2) is 0 Å². The summed E-state index contributed by atoms with van der Waals surface area (Å²) >= 11 is 0. The van der Waals surface area contributed by atoms with Gasteiger partial charge in [0.1, 0.15) is 0 Å². The van der Waals surface area contributed by atoms with Gasteiger partial charge in [0.2, 0.25) is 0 Å². The summed E-state index contributed by atoms with van der Waals surface area (Å²) in [7, 11) is 0. The number of aliphatic hydroxyl groups is 1. The summed E-state index contributed by atoms with van der Waals surface area (Å²) in [6.45, 7) is 7.26. The van der Waals surface area contributed by atoms with E-state index in [1.165, 1.54) is 0 Å². The number of aromatic nitrogens is 2. The van der Waals surface area contributed by atoms with Crippen LogP contribution in [0, 0.1) is 5.92 Å². The summed E-state index contributed by atoms with van der Waals surface area (Å²) in [5.74, 6) is 0.513. The summed E-state index contributed by atoms with van der Waals surface area (Å²) in [5, 5.41) is 14.0. The first-order valence-corrected chi connectivity index (χ1v) is 5.34. The SMILES string of the molecule is CCCn1cc(C(O)CC(C)C)cn1. The van der Waals surface area contributed by atoms with Crippen molar-refractivity contribution in [2.24, 2.45) is 5.92 Å². The summed E-state index contributed by atoms with van der Waals surface area (Å²) < 4.78 is 1.89. The first-order chi connectivity index (χ1) is 6.63. The van der Waals surface area contributed by atoms with E-state index in [9.17, 15) is 5.11 Å². The third kappa shape index (κ3) is 3.14. The number of hydrogen-bond donors (Lipinski definition) is 1. The fourth-order valence-corrected chi connectivity index (χ4v) is 1.49. The maximum atomic E-state index is 9.82. The van der Waals surface area contributed by atoms with Gasteiger partial charge < -0.3 is 5.11 Å². The van der Waals surface area contributed by atoms with E-state index in [-0.39, 0.29) is 6.10 Å². The minimum atomic E-state index is -0.361. The fraction of sp³-hybridized carbons (Fsp3) is 0.727. The van der Waals surface area contributed by atoms with Crippen molar-refractivity contribution in [3.63, 3.8) is 0 Å². The molecule has 1 aromatic heterocycles. The highest BCUT2D eigenvalue weighted by Gasteiger charge is 2.11. The molecular formula is C11H20N2O. The van der Waals surface area contributed by atoms with Crippen molar-refractivity contribution in [2.45, 2.75) is 46.3 Å².